The summed E-state index contributed by atoms with van der Waals surface area (Å²) in [4.78, 5) is 10.7. The molecule has 3 nitrogen and oxygen atoms in total. The number of rotatable bonds is 4. The van der Waals surface area contributed by atoms with Crippen LogP contribution in [0.1, 0.15) is 17.5 Å². The first kappa shape index (κ1) is 12.5. The Balaban J connectivity index is 2.02. The molecule has 0 bridgehead atoms. The predicted octanol–water partition coefficient (Wildman–Crippen LogP) is 4.31. The van der Waals surface area contributed by atoms with Gasteiger partial charge in [0.2, 0.25) is 0 Å². The Morgan fingerprint density at radius 3 is 2.60 bits per heavy atom. The third kappa shape index (κ3) is 2.30. The fourth-order valence-electron chi connectivity index (χ4n) is 2.20. The van der Waals surface area contributed by atoms with Crippen LogP contribution in [-0.2, 0) is 0 Å². The Hall–Kier alpha value is -2.55. The normalized spacial score (nSPS) is 10.7. The van der Waals surface area contributed by atoms with Gasteiger partial charge in [-0.15, -0.1) is 0 Å². The monoisotopic (exact) mass is 266 g/mol. The summed E-state index contributed by atoms with van der Waals surface area (Å²) in [6.45, 7) is 2.62. The highest BCUT2D eigenvalue weighted by molar-refractivity contribution is 5.88. The molecule has 2 aromatic carbocycles. The molecular formula is C17H14O3. The molecule has 100 valence electrons. The van der Waals surface area contributed by atoms with Gasteiger partial charge in [-0.05, 0) is 48.0 Å². The van der Waals surface area contributed by atoms with E-state index in [0.29, 0.717) is 24.4 Å². The van der Waals surface area contributed by atoms with E-state index in [0.717, 1.165) is 22.1 Å². The van der Waals surface area contributed by atoms with Crippen molar-refractivity contribution >= 4 is 17.1 Å². The van der Waals surface area contributed by atoms with Gasteiger partial charge in [-0.3, -0.25) is 4.79 Å². The lowest BCUT2D eigenvalue weighted by Crippen LogP contribution is -1.90. The Morgan fingerprint density at radius 1 is 1.05 bits per heavy atom. The second kappa shape index (κ2) is 5.21. The van der Waals surface area contributed by atoms with Crippen LogP contribution in [0.15, 0.2) is 52.9 Å². The second-order valence-corrected chi connectivity index (χ2v) is 4.48. The minimum Gasteiger partial charge on any atom is -0.494 e. The van der Waals surface area contributed by atoms with Gasteiger partial charge < -0.3 is 9.15 Å². The van der Waals surface area contributed by atoms with E-state index in [-0.39, 0.29) is 0 Å². The lowest BCUT2D eigenvalue weighted by molar-refractivity contribution is 0.110. The molecule has 0 saturated heterocycles. The number of fused-ring (bicyclic) bond motifs is 1. The van der Waals surface area contributed by atoms with E-state index < -0.39 is 0 Å². The minimum absolute atomic E-state index is 0.340. The van der Waals surface area contributed by atoms with Crippen molar-refractivity contribution in [1.82, 2.24) is 0 Å². The van der Waals surface area contributed by atoms with Crippen molar-refractivity contribution < 1.29 is 13.9 Å². The quantitative estimate of drug-likeness (QED) is 0.660. The van der Waals surface area contributed by atoms with Crippen LogP contribution in [-0.4, -0.2) is 12.9 Å². The first-order chi connectivity index (χ1) is 9.80. The van der Waals surface area contributed by atoms with E-state index in [2.05, 4.69) is 0 Å². The Bertz CT molecular complexity index is 756. The van der Waals surface area contributed by atoms with Gasteiger partial charge >= 0.3 is 0 Å². The van der Waals surface area contributed by atoms with E-state index in [1.165, 1.54) is 0 Å². The Morgan fingerprint density at radius 2 is 1.85 bits per heavy atom. The van der Waals surface area contributed by atoms with Crippen LogP contribution in [0.25, 0.3) is 22.1 Å². The summed E-state index contributed by atoms with van der Waals surface area (Å²) in [5.74, 6) is 1.91. The lowest BCUT2D eigenvalue weighted by Gasteiger charge is -2.05. The molecule has 0 unspecified atom stereocenters. The maximum Gasteiger partial charge on any atom is 0.185 e. The van der Waals surface area contributed by atoms with Crippen LogP contribution in [0, 0.1) is 0 Å². The van der Waals surface area contributed by atoms with Crippen LogP contribution in [0.5, 0.6) is 5.75 Å². The molecule has 1 aromatic heterocycles. The van der Waals surface area contributed by atoms with E-state index in [9.17, 15) is 4.79 Å². The number of hydrogen-bond acceptors (Lipinski definition) is 3. The van der Waals surface area contributed by atoms with Crippen molar-refractivity contribution in [1.29, 1.82) is 0 Å². The molecule has 0 fully saturated rings. The maximum atomic E-state index is 10.7. The smallest absolute Gasteiger partial charge is 0.185 e. The van der Waals surface area contributed by atoms with Gasteiger partial charge in [0.25, 0.3) is 0 Å². The van der Waals surface area contributed by atoms with Gasteiger partial charge in [-0.25, -0.2) is 0 Å². The van der Waals surface area contributed by atoms with E-state index in [4.69, 9.17) is 9.15 Å². The van der Waals surface area contributed by atoms with E-state index >= 15 is 0 Å². The molecule has 0 aliphatic heterocycles. The first-order valence-electron chi connectivity index (χ1n) is 6.52. The van der Waals surface area contributed by atoms with E-state index in [1.807, 2.05) is 43.3 Å². The number of ether oxygens (including phenoxy) is 1. The molecule has 20 heavy (non-hydrogen) atoms. The van der Waals surface area contributed by atoms with Crippen molar-refractivity contribution in [2.24, 2.45) is 0 Å². The summed E-state index contributed by atoms with van der Waals surface area (Å²) >= 11 is 0. The highest BCUT2D eigenvalue weighted by Gasteiger charge is 2.05. The summed E-state index contributed by atoms with van der Waals surface area (Å²) in [6.07, 6.45) is 0.707. The summed E-state index contributed by atoms with van der Waals surface area (Å²) in [6, 6.07) is 15.5. The fraction of sp³-hybridized carbons (Fsp3) is 0.118. The van der Waals surface area contributed by atoms with Crippen molar-refractivity contribution in [2.45, 2.75) is 6.92 Å². The molecule has 0 spiro atoms. The SMILES string of the molecule is CCOc1ccc2cc(-c3ccc(C=O)o3)ccc2c1. The number of aldehydes is 1. The number of benzene rings is 2. The molecule has 3 heteroatoms. The number of hydrogen-bond donors (Lipinski definition) is 0. The van der Waals surface area contributed by atoms with Crippen molar-refractivity contribution in [2.75, 3.05) is 6.61 Å². The largest absolute Gasteiger partial charge is 0.494 e. The molecule has 0 aliphatic rings. The molecule has 1 heterocycles. The number of carbonyl (C=O) groups is 1. The van der Waals surface area contributed by atoms with E-state index in [1.54, 1.807) is 12.1 Å². The number of furan rings is 1. The Kier molecular flexibility index (Phi) is 3.25. The summed E-state index contributed by atoms with van der Waals surface area (Å²) in [5.41, 5.74) is 0.953. The van der Waals surface area contributed by atoms with Crippen molar-refractivity contribution in [3.63, 3.8) is 0 Å². The zero-order valence-corrected chi connectivity index (χ0v) is 11.1. The highest BCUT2D eigenvalue weighted by Crippen LogP contribution is 2.28. The molecule has 0 aliphatic carbocycles. The van der Waals surface area contributed by atoms with Crippen LogP contribution in [0.2, 0.25) is 0 Å². The average Bonchev–Trinajstić information content (AvgIpc) is 2.96. The molecule has 0 atom stereocenters. The molecular weight excluding hydrogens is 252 g/mol. The van der Waals surface area contributed by atoms with Crippen molar-refractivity contribution in [3.8, 4) is 17.1 Å². The standard InChI is InChI=1S/C17H14O3/c1-2-19-15-6-5-12-9-14(4-3-13(12)10-15)17-8-7-16(11-18)20-17/h3-11H,2H2,1H3. The molecule has 3 rings (SSSR count). The maximum absolute atomic E-state index is 10.7. The summed E-state index contributed by atoms with van der Waals surface area (Å²) < 4.78 is 10.9. The first-order valence-corrected chi connectivity index (χ1v) is 6.52. The van der Waals surface area contributed by atoms with Crippen LogP contribution < -0.4 is 4.74 Å². The minimum atomic E-state index is 0.340. The van der Waals surface area contributed by atoms with Gasteiger partial charge in [0.15, 0.2) is 12.0 Å². The third-order valence-electron chi connectivity index (χ3n) is 3.15. The third-order valence-corrected chi connectivity index (χ3v) is 3.15. The van der Waals surface area contributed by atoms with Gasteiger partial charge in [0, 0.05) is 5.56 Å². The predicted molar refractivity (Wildman–Crippen MR) is 78.2 cm³/mol. The molecule has 3 aromatic rings. The second-order valence-electron chi connectivity index (χ2n) is 4.48. The fourth-order valence-corrected chi connectivity index (χ4v) is 2.20. The summed E-state index contributed by atoms with van der Waals surface area (Å²) in [7, 11) is 0. The number of carbonyl (C=O) groups excluding carboxylic acids is 1. The van der Waals surface area contributed by atoms with Gasteiger partial charge in [-0.1, -0.05) is 18.2 Å². The van der Waals surface area contributed by atoms with Crippen molar-refractivity contribution in [3.05, 3.63) is 54.3 Å². The van der Waals surface area contributed by atoms with Crippen LogP contribution in [0.4, 0.5) is 0 Å². The Labute approximate surface area is 116 Å². The van der Waals surface area contributed by atoms with Crippen LogP contribution >= 0.6 is 0 Å². The molecule has 0 radical (unpaired) electrons. The van der Waals surface area contributed by atoms with Crippen LogP contribution in [0.3, 0.4) is 0 Å². The highest BCUT2D eigenvalue weighted by atomic mass is 16.5. The summed E-state index contributed by atoms with van der Waals surface area (Å²) in [5, 5.41) is 2.22. The zero-order valence-electron chi connectivity index (χ0n) is 11.1. The molecule has 0 N–H and O–H groups in total. The van der Waals surface area contributed by atoms with Gasteiger partial charge in [-0.2, -0.15) is 0 Å². The average molecular weight is 266 g/mol. The lowest BCUT2D eigenvalue weighted by atomic mass is 10.1. The van der Waals surface area contributed by atoms with Gasteiger partial charge in [0.1, 0.15) is 11.5 Å². The topological polar surface area (TPSA) is 39.4 Å². The molecule has 0 amide bonds. The molecule has 0 saturated carbocycles. The van der Waals surface area contributed by atoms with Gasteiger partial charge in [0.05, 0.1) is 6.61 Å². The zero-order chi connectivity index (χ0) is 13.9.